The van der Waals surface area contributed by atoms with E-state index >= 15 is 0 Å². The van der Waals surface area contributed by atoms with E-state index < -0.39 is 0 Å². The van der Waals surface area contributed by atoms with Crippen molar-refractivity contribution < 1.29 is 4.74 Å². The summed E-state index contributed by atoms with van der Waals surface area (Å²) in [6.45, 7) is 4.13. The largest absolute Gasteiger partial charge is 0.492 e. The molecule has 31 heavy (non-hydrogen) atoms. The average molecular weight is 418 g/mol. The van der Waals surface area contributed by atoms with Gasteiger partial charge in [0.2, 0.25) is 0 Å². The standard InChI is InChI=1S/C25H31N5O/c1-29(2)22-10-6-20(7-11-22)25-26-15-14-24(28-25)27-21-8-12-23(13-9-21)31-19-18-30-16-4-3-5-17-30/h6-15H,3-5,16-19H2,1-2H3,(H,26,27,28). The number of hydrogen-bond donors (Lipinski definition) is 1. The van der Waals surface area contributed by atoms with Crippen molar-refractivity contribution in [2.45, 2.75) is 19.3 Å². The maximum atomic E-state index is 5.92. The van der Waals surface area contributed by atoms with Gasteiger partial charge >= 0.3 is 0 Å². The molecule has 0 radical (unpaired) electrons. The maximum absolute atomic E-state index is 5.92. The number of piperidine rings is 1. The minimum Gasteiger partial charge on any atom is -0.492 e. The van der Waals surface area contributed by atoms with Crippen molar-refractivity contribution in [2.24, 2.45) is 0 Å². The van der Waals surface area contributed by atoms with Crippen LogP contribution < -0.4 is 15.0 Å². The minimum atomic E-state index is 0.702. The number of ether oxygens (including phenoxy) is 1. The summed E-state index contributed by atoms with van der Waals surface area (Å²) in [5, 5.41) is 3.36. The number of hydrogen-bond acceptors (Lipinski definition) is 6. The zero-order valence-corrected chi connectivity index (χ0v) is 18.4. The predicted molar refractivity (Wildman–Crippen MR) is 127 cm³/mol. The summed E-state index contributed by atoms with van der Waals surface area (Å²) in [6.07, 6.45) is 5.77. The molecule has 2 heterocycles. The van der Waals surface area contributed by atoms with Crippen LogP contribution in [0.4, 0.5) is 17.2 Å². The van der Waals surface area contributed by atoms with Crippen LogP contribution in [0.5, 0.6) is 5.75 Å². The highest BCUT2D eigenvalue weighted by atomic mass is 16.5. The first-order valence-electron chi connectivity index (χ1n) is 11.0. The Kier molecular flexibility index (Phi) is 6.99. The van der Waals surface area contributed by atoms with Crippen molar-refractivity contribution in [2.75, 3.05) is 50.6 Å². The topological polar surface area (TPSA) is 53.5 Å². The number of likely N-dealkylation sites (tertiary alicyclic amines) is 1. The van der Waals surface area contributed by atoms with Crippen molar-refractivity contribution in [3.63, 3.8) is 0 Å². The van der Waals surface area contributed by atoms with Crippen LogP contribution in [0.25, 0.3) is 11.4 Å². The summed E-state index contributed by atoms with van der Waals surface area (Å²) in [5.74, 6) is 2.36. The SMILES string of the molecule is CN(C)c1ccc(-c2nccc(Nc3ccc(OCCN4CCCCC4)cc3)n2)cc1. The van der Waals surface area contributed by atoms with Crippen molar-refractivity contribution in [3.8, 4) is 17.1 Å². The molecule has 6 nitrogen and oxygen atoms in total. The van der Waals surface area contributed by atoms with E-state index in [0.717, 1.165) is 41.7 Å². The van der Waals surface area contributed by atoms with Gasteiger partial charge in [-0.2, -0.15) is 0 Å². The van der Waals surface area contributed by atoms with E-state index in [4.69, 9.17) is 4.74 Å². The summed E-state index contributed by atoms with van der Waals surface area (Å²) in [4.78, 5) is 13.6. The van der Waals surface area contributed by atoms with Crippen molar-refractivity contribution in [1.29, 1.82) is 0 Å². The van der Waals surface area contributed by atoms with Gasteiger partial charge in [-0.3, -0.25) is 4.90 Å². The Morgan fingerprint density at radius 3 is 2.39 bits per heavy atom. The number of aromatic nitrogens is 2. The molecule has 0 atom stereocenters. The van der Waals surface area contributed by atoms with Gasteiger partial charge in [0.05, 0.1) is 0 Å². The molecule has 0 saturated carbocycles. The summed E-state index contributed by atoms with van der Waals surface area (Å²) in [7, 11) is 4.06. The summed E-state index contributed by atoms with van der Waals surface area (Å²) in [5.41, 5.74) is 3.11. The molecule has 162 valence electrons. The third kappa shape index (κ3) is 5.95. The number of nitrogens with zero attached hydrogens (tertiary/aromatic N) is 4. The van der Waals surface area contributed by atoms with Crippen molar-refractivity contribution in [3.05, 3.63) is 60.8 Å². The van der Waals surface area contributed by atoms with Crippen LogP contribution in [0.2, 0.25) is 0 Å². The highest BCUT2D eigenvalue weighted by Crippen LogP contribution is 2.23. The monoisotopic (exact) mass is 417 g/mol. The lowest BCUT2D eigenvalue weighted by atomic mass is 10.1. The van der Waals surface area contributed by atoms with Gasteiger partial charge in [0, 0.05) is 43.8 Å². The van der Waals surface area contributed by atoms with Gasteiger partial charge in [0.1, 0.15) is 18.2 Å². The Hall–Kier alpha value is -3.12. The molecule has 1 N–H and O–H groups in total. The van der Waals surface area contributed by atoms with Gasteiger partial charge in [-0.15, -0.1) is 0 Å². The number of anilines is 3. The van der Waals surface area contributed by atoms with Crippen LogP contribution in [0, 0.1) is 0 Å². The predicted octanol–water partition coefficient (Wildman–Crippen LogP) is 4.82. The lowest BCUT2D eigenvalue weighted by Gasteiger charge is -2.26. The van der Waals surface area contributed by atoms with Gasteiger partial charge in [-0.05, 0) is 80.5 Å². The first kappa shape index (κ1) is 21.1. The van der Waals surface area contributed by atoms with Crippen LogP contribution in [-0.2, 0) is 0 Å². The smallest absolute Gasteiger partial charge is 0.161 e. The molecule has 4 rings (SSSR count). The van der Waals surface area contributed by atoms with Gasteiger partial charge in [0.15, 0.2) is 5.82 Å². The minimum absolute atomic E-state index is 0.702. The van der Waals surface area contributed by atoms with E-state index in [-0.39, 0.29) is 0 Å². The first-order valence-corrected chi connectivity index (χ1v) is 11.0. The normalized spacial score (nSPS) is 14.3. The summed E-state index contributed by atoms with van der Waals surface area (Å²) in [6, 6.07) is 18.1. The quantitative estimate of drug-likeness (QED) is 0.567. The van der Waals surface area contributed by atoms with Crippen LogP contribution in [0.15, 0.2) is 60.8 Å². The second-order valence-electron chi connectivity index (χ2n) is 8.11. The molecule has 0 aliphatic carbocycles. The molecule has 0 unspecified atom stereocenters. The molecule has 0 amide bonds. The van der Waals surface area contributed by atoms with Crippen molar-refractivity contribution in [1.82, 2.24) is 14.9 Å². The summed E-state index contributed by atoms with van der Waals surface area (Å²) >= 11 is 0. The van der Waals surface area contributed by atoms with E-state index in [2.05, 4.69) is 37.2 Å². The van der Waals surface area contributed by atoms with Crippen LogP contribution in [0.3, 0.4) is 0 Å². The fraction of sp³-hybridized carbons (Fsp3) is 0.360. The molecule has 1 aromatic heterocycles. The Morgan fingerprint density at radius 2 is 1.68 bits per heavy atom. The van der Waals surface area contributed by atoms with Gasteiger partial charge in [-0.25, -0.2) is 9.97 Å². The second kappa shape index (κ2) is 10.3. The molecular weight excluding hydrogens is 386 g/mol. The second-order valence-corrected chi connectivity index (χ2v) is 8.11. The van der Waals surface area contributed by atoms with E-state index in [9.17, 15) is 0 Å². The molecule has 1 aliphatic rings. The Morgan fingerprint density at radius 1 is 0.935 bits per heavy atom. The van der Waals surface area contributed by atoms with Crippen molar-refractivity contribution >= 4 is 17.2 Å². The van der Waals surface area contributed by atoms with Crippen LogP contribution in [0.1, 0.15) is 19.3 Å². The number of rotatable bonds is 8. The molecular formula is C25H31N5O. The Balaban J connectivity index is 1.33. The molecule has 1 fully saturated rings. The summed E-state index contributed by atoms with van der Waals surface area (Å²) < 4.78 is 5.92. The fourth-order valence-corrected chi connectivity index (χ4v) is 3.73. The zero-order chi connectivity index (χ0) is 21.5. The van der Waals surface area contributed by atoms with Gasteiger partial charge in [-0.1, -0.05) is 6.42 Å². The highest BCUT2D eigenvalue weighted by molar-refractivity contribution is 5.63. The molecule has 2 aromatic carbocycles. The van der Waals surface area contributed by atoms with Crippen LogP contribution in [-0.4, -0.2) is 55.2 Å². The number of nitrogens with one attached hydrogen (secondary N) is 1. The van der Waals surface area contributed by atoms with E-state index in [1.807, 2.05) is 56.6 Å². The first-order chi connectivity index (χ1) is 15.2. The van der Waals surface area contributed by atoms with E-state index in [1.165, 1.54) is 32.4 Å². The van der Waals surface area contributed by atoms with Crippen LogP contribution >= 0.6 is 0 Å². The maximum Gasteiger partial charge on any atom is 0.161 e. The number of benzene rings is 2. The zero-order valence-electron chi connectivity index (χ0n) is 18.4. The Bertz CT molecular complexity index is 950. The lowest BCUT2D eigenvalue weighted by molar-refractivity contribution is 0.183. The molecule has 1 saturated heterocycles. The van der Waals surface area contributed by atoms with E-state index in [1.54, 1.807) is 6.20 Å². The third-order valence-electron chi connectivity index (χ3n) is 5.55. The highest BCUT2D eigenvalue weighted by Gasteiger charge is 2.09. The molecule has 0 spiro atoms. The third-order valence-corrected chi connectivity index (χ3v) is 5.55. The van der Waals surface area contributed by atoms with E-state index in [0.29, 0.717) is 5.82 Å². The van der Waals surface area contributed by atoms with Gasteiger partial charge in [0.25, 0.3) is 0 Å². The Labute approximate surface area is 184 Å². The fourth-order valence-electron chi connectivity index (χ4n) is 3.73. The molecule has 0 bridgehead atoms. The average Bonchev–Trinajstić information content (AvgIpc) is 2.81. The lowest BCUT2D eigenvalue weighted by Crippen LogP contribution is -2.33. The molecule has 3 aromatic rings. The van der Waals surface area contributed by atoms with Gasteiger partial charge < -0.3 is 15.0 Å². The molecule has 1 aliphatic heterocycles. The molecule has 6 heteroatoms.